The lowest BCUT2D eigenvalue weighted by Crippen LogP contribution is -2.03. The minimum Gasteiger partial charge on any atom is -0.460 e. The lowest BCUT2D eigenvalue weighted by molar-refractivity contribution is -0.137. The second-order valence-electron chi connectivity index (χ2n) is 3.01. The summed E-state index contributed by atoms with van der Waals surface area (Å²) in [7, 11) is 0. The Kier molecular flexibility index (Phi) is 2.26. The highest BCUT2D eigenvalue weighted by Gasteiger charge is 2.29. The van der Waals surface area contributed by atoms with Gasteiger partial charge in [0.25, 0.3) is 0 Å². The lowest BCUT2D eigenvalue weighted by atomic mass is 10.1. The highest BCUT2D eigenvalue weighted by Crippen LogP contribution is 2.30. The Balaban J connectivity index is 2.33. The normalized spacial score (nSPS) is 11.7. The van der Waals surface area contributed by atoms with Crippen molar-refractivity contribution >= 4 is 0 Å². The third-order valence-corrected chi connectivity index (χ3v) is 1.99. The van der Waals surface area contributed by atoms with Crippen molar-refractivity contribution in [1.82, 2.24) is 0 Å². The maximum atomic E-state index is 12.2. The lowest BCUT2D eigenvalue weighted by Gasteiger charge is -2.06. The van der Waals surface area contributed by atoms with Crippen molar-refractivity contribution in [3.05, 3.63) is 48.4 Å². The van der Waals surface area contributed by atoms with Gasteiger partial charge in [0.15, 0.2) is 6.26 Å². The van der Waals surface area contributed by atoms with E-state index >= 15 is 0 Å². The second-order valence-corrected chi connectivity index (χ2v) is 3.01. The van der Waals surface area contributed by atoms with Gasteiger partial charge in [-0.2, -0.15) is 13.2 Å². The van der Waals surface area contributed by atoms with Crippen LogP contribution in [0.3, 0.4) is 0 Å². The quantitative estimate of drug-likeness (QED) is 0.699. The molecule has 1 aromatic carbocycles. The molecular formula is C11H6F3O. The van der Waals surface area contributed by atoms with E-state index in [1.165, 1.54) is 18.4 Å². The first-order valence-corrected chi connectivity index (χ1v) is 4.20. The van der Waals surface area contributed by atoms with E-state index in [1.54, 1.807) is 6.07 Å². The zero-order chi connectivity index (χ0) is 10.9. The number of hydrogen-bond acceptors (Lipinski definition) is 1. The summed E-state index contributed by atoms with van der Waals surface area (Å²) in [6.07, 6.45) is -0.314. The van der Waals surface area contributed by atoms with Gasteiger partial charge in [0.2, 0.25) is 0 Å². The molecule has 0 aliphatic carbocycles. The van der Waals surface area contributed by atoms with E-state index in [1.807, 2.05) is 0 Å². The first-order chi connectivity index (χ1) is 7.07. The van der Waals surface area contributed by atoms with E-state index in [9.17, 15) is 13.2 Å². The van der Waals surface area contributed by atoms with Crippen LogP contribution in [0.25, 0.3) is 11.1 Å². The molecule has 0 unspecified atom stereocenters. The molecule has 77 valence electrons. The molecular weight excluding hydrogens is 205 g/mol. The first kappa shape index (κ1) is 9.83. The predicted molar refractivity (Wildman–Crippen MR) is 48.0 cm³/mol. The summed E-state index contributed by atoms with van der Waals surface area (Å²) in [6, 6.07) is 6.50. The molecule has 1 aromatic heterocycles. The molecule has 2 rings (SSSR count). The van der Waals surface area contributed by atoms with Gasteiger partial charge in [-0.1, -0.05) is 12.1 Å². The average Bonchev–Trinajstić information content (AvgIpc) is 2.69. The van der Waals surface area contributed by atoms with Gasteiger partial charge in [-0.25, -0.2) is 0 Å². The van der Waals surface area contributed by atoms with Crippen molar-refractivity contribution in [2.24, 2.45) is 0 Å². The molecule has 4 heteroatoms. The minimum absolute atomic E-state index is 0.642. The molecule has 1 radical (unpaired) electrons. The zero-order valence-corrected chi connectivity index (χ0v) is 7.51. The fraction of sp³-hybridized carbons (Fsp3) is 0.0909. The molecule has 0 fully saturated rings. The topological polar surface area (TPSA) is 13.1 Å². The summed E-state index contributed by atoms with van der Waals surface area (Å²) in [5, 5.41) is 0. The number of alkyl halides is 3. The molecule has 0 spiro atoms. The van der Waals surface area contributed by atoms with Crippen molar-refractivity contribution < 1.29 is 17.6 Å². The molecule has 0 N–H and O–H groups in total. The van der Waals surface area contributed by atoms with Gasteiger partial charge in [-0.15, -0.1) is 0 Å². The number of hydrogen-bond donors (Lipinski definition) is 0. The molecule has 0 saturated heterocycles. The second kappa shape index (κ2) is 3.46. The standard InChI is InChI=1S/C11H6F3O/c12-11(13,14)10-3-1-8(2-4-10)9-5-6-15-7-9/h1-6H. The van der Waals surface area contributed by atoms with Crippen LogP contribution >= 0.6 is 0 Å². The minimum atomic E-state index is -4.29. The SMILES string of the molecule is FC(F)(F)c1ccc(-c2[c]occ2)cc1. The predicted octanol–water partition coefficient (Wildman–Crippen LogP) is 3.77. The molecule has 0 amide bonds. The van der Waals surface area contributed by atoms with E-state index in [-0.39, 0.29) is 0 Å². The molecule has 1 nitrogen and oxygen atoms in total. The van der Waals surface area contributed by atoms with Gasteiger partial charge in [-0.3, -0.25) is 0 Å². The van der Waals surface area contributed by atoms with Crippen LogP contribution in [0.15, 0.2) is 41.0 Å². The Morgan fingerprint density at radius 2 is 1.67 bits per heavy atom. The number of rotatable bonds is 1. The van der Waals surface area contributed by atoms with Crippen LogP contribution in [-0.4, -0.2) is 0 Å². The number of benzene rings is 1. The Bertz CT molecular complexity index is 426. The Morgan fingerprint density at radius 1 is 1.00 bits per heavy atom. The van der Waals surface area contributed by atoms with E-state index in [0.29, 0.717) is 11.1 Å². The molecule has 0 saturated carbocycles. The highest BCUT2D eigenvalue weighted by atomic mass is 19.4. The van der Waals surface area contributed by atoms with Crippen molar-refractivity contribution in [2.45, 2.75) is 6.18 Å². The van der Waals surface area contributed by atoms with Crippen LogP contribution in [-0.2, 0) is 6.18 Å². The fourth-order valence-corrected chi connectivity index (χ4v) is 1.23. The van der Waals surface area contributed by atoms with Crippen molar-refractivity contribution in [3.8, 4) is 11.1 Å². The Morgan fingerprint density at radius 3 is 2.13 bits per heavy atom. The largest absolute Gasteiger partial charge is 0.460 e. The van der Waals surface area contributed by atoms with Gasteiger partial charge in [0.1, 0.15) is 0 Å². The summed E-state index contributed by atoms with van der Waals surface area (Å²) in [5.41, 5.74) is 0.634. The van der Waals surface area contributed by atoms with Gasteiger partial charge in [0, 0.05) is 5.56 Å². The Hall–Kier alpha value is -1.71. The summed E-state index contributed by atoms with van der Waals surface area (Å²) < 4.78 is 41.4. The maximum absolute atomic E-state index is 12.2. The zero-order valence-electron chi connectivity index (χ0n) is 7.51. The van der Waals surface area contributed by atoms with Crippen LogP contribution in [0.5, 0.6) is 0 Å². The molecule has 0 bridgehead atoms. The Labute approximate surface area is 84.1 Å². The van der Waals surface area contributed by atoms with Gasteiger partial charge < -0.3 is 4.42 Å². The van der Waals surface area contributed by atoms with E-state index in [4.69, 9.17) is 4.42 Å². The summed E-state index contributed by atoms with van der Waals surface area (Å²) in [6.45, 7) is 0. The van der Waals surface area contributed by atoms with Gasteiger partial charge in [0.05, 0.1) is 11.8 Å². The van der Waals surface area contributed by atoms with E-state index in [2.05, 4.69) is 6.26 Å². The number of furan rings is 1. The van der Waals surface area contributed by atoms with Crippen molar-refractivity contribution in [3.63, 3.8) is 0 Å². The molecule has 15 heavy (non-hydrogen) atoms. The molecule has 1 heterocycles. The summed E-state index contributed by atoms with van der Waals surface area (Å²) >= 11 is 0. The smallest absolute Gasteiger partial charge is 0.416 e. The van der Waals surface area contributed by atoms with Gasteiger partial charge >= 0.3 is 6.18 Å². The molecule has 2 aromatic rings. The average molecular weight is 211 g/mol. The van der Waals surface area contributed by atoms with Crippen molar-refractivity contribution in [1.29, 1.82) is 0 Å². The maximum Gasteiger partial charge on any atom is 0.416 e. The van der Waals surface area contributed by atoms with E-state index < -0.39 is 11.7 Å². The van der Waals surface area contributed by atoms with Crippen LogP contribution in [0.2, 0.25) is 0 Å². The van der Waals surface area contributed by atoms with Gasteiger partial charge in [-0.05, 0) is 23.8 Å². The number of halogens is 3. The first-order valence-electron chi connectivity index (χ1n) is 4.20. The van der Waals surface area contributed by atoms with Crippen LogP contribution in [0.4, 0.5) is 13.2 Å². The molecule has 0 atom stereocenters. The molecule has 0 aliphatic heterocycles. The van der Waals surface area contributed by atoms with Crippen LogP contribution in [0.1, 0.15) is 5.56 Å². The fourth-order valence-electron chi connectivity index (χ4n) is 1.23. The monoisotopic (exact) mass is 211 g/mol. The molecule has 0 aliphatic rings. The third kappa shape index (κ3) is 2.03. The summed E-state index contributed by atoms with van der Waals surface area (Å²) in [4.78, 5) is 0. The highest BCUT2D eigenvalue weighted by molar-refractivity contribution is 5.61. The van der Waals surface area contributed by atoms with E-state index in [0.717, 1.165) is 12.1 Å². The van der Waals surface area contributed by atoms with Crippen molar-refractivity contribution in [2.75, 3.05) is 0 Å². The summed E-state index contributed by atoms with van der Waals surface area (Å²) in [5.74, 6) is 0. The third-order valence-electron chi connectivity index (χ3n) is 1.99. The van der Waals surface area contributed by atoms with Crippen LogP contribution in [0, 0.1) is 6.26 Å². The van der Waals surface area contributed by atoms with Crippen LogP contribution < -0.4 is 0 Å².